The normalized spacial score (nSPS) is 9.89. The van der Waals surface area contributed by atoms with Gasteiger partial charge in [0.1, 0.15) is 6.61 Å². The van der Waals surface area contributed by atoms with Crippen molar-refractivity contribution in [3.05, 3.63) is 16.4 Å². The van der Waals surface area contributed by atoms with E-state index in [1.54, 1.807) is 0 Å². The summed E-state index contributed by atoms with van der Waals surface area (Å²) in [5.74, 6) is -0.328. The monoisotopic (exact) mass is 148 g/mol. The number of hydrogen-bond donors (Lipinski definition) is 2. The van der Waals surface area contributed by atoms with Crippen LogP contribution in [-0.2, 0) is 10.8 Å². The van der Waals surface area contributed by atoms with Crippen LogP contribution in [0.2, 0.25) is 0 Å². The number of aromatic amines is 1. The quantitative estimate of drug-likeness (QED) is 0.447. The van der Waals surface area contributed by atoms with Crippen LogP contribution in [0.4, 0.5) is 0 Å². The molecule has 0 fully saturated rings. The molecule has 5 nitrogen and oxygen atoms in total. The molecule has 0 aliphatic heterocycles. The van der Waals surface area contributed by atoms with E-state index in [0.29, 0.717) is 5.82 Å². The Kier molecular flexibility index (Phi) is 1.91. The van der Waals surface area contributed by atoms with Crippen LogP contribution in [0.25, 0.3) is 0 Å². The van der Waals surface area contributed by atoms with Gasteiger partial charge in [0.25, 0.3) is 0 Å². The number of thiol groups is 1. The van der Waals surface area contributed by atoms with Crippen LogP contribution in [0.5, 0.6) is 0 Å². The molecule has 0 saturated carbocycles. The number of nitrogens with one attached hydrogen (secondary N) is 1. The minimum Gasteiger partial charge on any atom is -0.321 e. The molecule has 1 N–H and O–H groups in total. The fourth-order valence-electron chi connectivity index (χ4n) is 0.381. The molecule has 0 aliphatic carbocycles. The van der Waals surface area contributed by atoms with Crippen molar-refractivity contribution in [3.63, 3.8) is 0 Å². The zero-order valence-corrected chi connectivity index (χ0v) is 5.22. The van der Waals surface area contributed by atoms with Crippen LogP contribution in [-0.4, -0.2) is 10.1 Å². The number of nitrogens with zero attached hydrogens (tertiary/aromatic N) is 1. The molecule has 1 rings (SSSR count). The van der Waals surface area contributed by atoms with E-state index < -0.39 is 5.76 Å². The summed E-state index contributed by atoms with van der Waals surface area (Å²) >= 11 is 3.44. The van der Waals surface area contributed by atoms with Crippen LogP contribution in [0.15, 0.2) is 9.32 Å². The maximum Gasteiger partial charge on any atom is 0.459 e. The molecular formula is C3H4N2O3S. The van der Waals surface area contributed by atoms with Gasteiger partial charge in [-0.2, -0.15) is 4.98 Å². The molecular weight excluding hydrogens is 144 g/mol. The van der Waals surface area contributed by atoms with Gasteiger partial charge in [0.2, 0.25) is 0 Å². The third-order valence-corrected chi connectivity index (χ3v) is 0.813. The van der Waals surface area contributed by atoms with E-state index in [0.717, 1.165) is 0 Å². The van der Waals surface area contributed by atoms with Gasteiger partial charge in [0, 0.05) is 0 Å². The Morgan fingerprint density at radius 2 is 2.67 bits per heavy atom. The topological polar surface area (TPSA) is 68.1 Å². The standard InChI is InChI=1S/C3H4N2O3S/c6-3-4-2(1-7-9)5-8-3/h9H,1H2,(H,4,5,6). The summed E-state index contributed by atoms with van der Waals surface area (Å²) in [6.07, 6.45) is 0. The molecule has 1 aromatic rings. The second-order valence-electron chi connectivity index (χ2n) is 1.30. The summed E-state index contributed by atoms with van der Waals surface area (Å²) in [6.45, 7) is 0.134. The first kappa shape index (κ1) is 6.37. The highest BCUT2D eigenvalue weighted by Crippen LogP contribution is 1.89. The number of rotatable bonds is 2. The predicted octanol–water partition coefficient (Wildman–Crippen LogP) is -0.276. The fourth-order valence-corrected chi connectivity index (χ4v) is 0.504. The average Bonchev–Trinajstić information content (AvgIpc) is 2.17. The van der Waals surface area contributed by atoms with E-state index in [1.165, 1.54) is 0 Å². The van der Waals surface area contributed by atoms with Crippen molar-refractivity contribution in [3.8, 4) is 0 Å². The van der Waals surface area contributed by atoms with Crippen molar-refractivity contribution in [1.82, 2.24) is 10.1 Å². The van der Waals surface area contributed by atoms with Crippen LogP contribution >= 0.6 is 12.9 Å². The lowest BCUT2D eigenvalue weighted by atomic mass is 10.7. The van der Waals surface area contributed by atoms with E-state index in [-0.39, 0.29) is 6.61 Å². The van der Waals surface area contributed by atoms with Gasteiger partial charge in [-0.25, -0.2) is 9.95 Å². The maximum absolute atomic E-state index is 10.2. The zero-order valence-electron chi connectivity index (χ0n) is 4.33. The summed E-state index contributed by atoms with van der Waals surface area (Å²) in [6, 6.07) is 0. The largest absolute Gasteiger partial charge is 0.459 e. The van der Waals surface area contributed by atoms with E-state index >= 15 is 0 Å². The first-order valence-electron chi connectivity index (χ1n) is 2.13. The molecule has 0 aromatic carbocycles. The van der Waals surface area contributed by atoms with Crippen molar-refractivity contribution in [1.29, 1.82) is 0 Å². The molecule has 0 saturated heterocycles. The summed E-state index contributed by atoms with van der Waals surface area (Å²) in [5, 5.41) is 2.23. The molecule has 0 atom stereocenters. The molecule has 0 spiro atoms. The third-order valence-electron chi connectivity index (χ3n) is 0.684. The Labute approximate surface area is 55.6 Å². The lowest BCUT2D eigenvalue weighted by molar-refractivity contribution is 0.332. The summed E-state index contributed by atoms with van der Waals surface area (Å²) in [5.41, 5.74) is 0. The minimum atomic E-state index is -0.657. The van der Waals surface area contributed by atoms with Gasteiger partial charge in [0.05, 0.1) is 0 Å². The lowest BCUT2D eigenvalue weighted by Crippen LogP contribution is -1.96. The van der Waals surface area contributed by atoms with Gasteiger partial charge in [-0.15, -0.1) is 0 Å². The zero-order chi connectivity index (χ0) is 6.69. The fraction of sp³-hybridized carbons (Fsp3) is 0.333. The molecule has 1 aromatic heterocycles. The lowest BCUT2D eigenvalue weighted by Gasteiger charge is -1.84. The summed E-state index contributed by atoms with van der Waals surface area (Å²) in [4.78, 5) is 13.5. The van der Waals surface area contributed by atoms with E-state index in [2.05, 4.69) is 31.8 Å². The highest BCUT2D eigenvalue weighted by Gasteiger charge is 1.96. The first-order valence-corrected chi connectivity index (χ1v) is 2.50. The number of aromatic nitrogens is 2. The molecule has 1 heterocycles. The number of H-pyrrole nitrogens is 1. The van der Waals surface area contributed by atoms with Gasteiger partial charge in [-0.1, -0.05) is 0 Å². The van der Waals surface area contributed by atoms with Crippen LogP contribution in [0, 0.1) is 0 Å². The van der Waals surface area contributed by atoms with Gasteiger partial charge in [-0.05, 0) is 12.9 Å². The van der Waals surface area contributed by atoms with Crippen molar-refractivity contribution >= 4 is 12.9 Å². The Bertz CT molecular complexity index is 229. The molecule has 0 aliphatic rings. The van der Waals surface area contributed by atoms with Crippen molar-refractivity contribution in [2.45, 2.75) is 6.61 Å². The van der Waals surface area contributed by atoms with Gasteiger partial charge < -0.3 is 8.71 Å². The van der Waals surface area contributed by atoms with Crippen molar-refractivity contribution < 1.29 is 8.71 Å². The van der Waals surface area contributed by atoms with Gasteiger partial charge >= 0.3 is 5.76 Å². The highest BCUT2D eigenvalue weighted by atomic mass is 32.1. The number of hydrogen-bond acceptors (Lipinski definition) is 5. The third kappa shape index (κ3) is 1.58. The Hall–Kier alpha value is -0.750. The second-order valence-corrected chi connectivity index (χ2v) is 1.56. The molecule has 0 bridgehead atoms. The molecule has 6 heteroatoms. The Morgan fingerprint density at radius 1 is 1.89 bits per heavy atom. The van der Waals surface area contributed by atoms with Crippen molar-refractivity contribution in [2.75, 3.05) is 0 Å². The molecule has 0 radical (unpaired) electrons. The Morgan fingerprint density at radius 3 is 3.11 bits per heavy atom. The second kappa shape index (κ2) is 2.70. The van der Waals surface area contributed by atoms with Crippen LogP contribution in [0.1, 0.15) is 5.82 Å². The maximum atomic E-state index is 10.2. The molecule has 9 heavy (non-hydrogen) atoms. The average molecular weight is 148 g/mol. The predicted molar refractivity (Wildman–Crippen MR) is 30.9 cm³/mol. The molecule has 0 amide bonds. The van der Waals surface area contributed by atoms with Gasteiger partial charge in [-0.3, -0.25) is 0 Å². The van der Waals surface area contributed by atoms with Crippen LogP contribution in [0.3, 0.4) is 0 Å². The van der Waals surface area contributed by atoms with E-state index in [4.69, 9.17) is 0 Å². The van der Waals surface area contributed by atoms with Crippen LogP contribution < -0.4 is 5.76 Å². The SMILES string of the molecule is O=c1nc(COS)[nH]o1. The van der Waals surface area contributed by atoms with Crippen molar-refractivity contribution in [2.24, 2.45) is 0 Å². The highest BCUT2D eigenvalue weighted by molar-refractivity contribution is 7.75. The minimum absolute atomic E-state index is 0.134. The summed E-state index contributed by atoms with van der Waals surface area (Å²) < 4.78 is 8.55. The molecule has 50 valence electrons. The van der Waals surface area contributed by atoms with E-state index in [1.807, 2.05) is 0 Å². The summed E-state index contributed by atoms with van der Waals surface area (Å²) in [7, 11) is 0. The van der Waals surface area contributed by atoms with Gasteiger partial charge in [0.15, 0.2) is 5.82 Å². The Balaban J connectivity index is 2.73. The smallest absolute Gasteiger partial charge is 0.321 e. The molecule has 0 unspecified atom stereocenters. The van der Waals surface area contributed by atoms with E-state index in [9.17, 15) is 4.79 Å². The first-order chi connectivity index (χ1) is 4.33.